The summed E-state index contributed by atoms with van der Waals surface area (Å²) in [5.41, 5.74) is 0.0905. The number of alkyl halides is 1. The Morgan fingerprint density at radius 3 is 2.29 bits per heavy atom. The van der Waals surface area contributed by atoms with E-state index in [0.717, 1.165) is 5.33 Å². The molecule has 100 valence electrons. The fraction of sp³-hybridized carbons (Fsp3) is 0.923. The molecule has 1 aliphatic heterocycles. The number of carbonyl (C=O) groups is 1. The van der Waals surface area contributed by atoms with E-state index < -0.39 is 0 Å². The first-order chi connectivity index (χ1) is 7.78. The van der Waals surface area contributed by atoms with Gasteiger partial charge in [0.1, 0.15) is 0 Å². The molecule has 4 unspecified atom stereocenters. The molecule has 1 N–H and O–H groups in total. The highest BCUT2D eigenvalue weighted by molar-refractivity contribution is 9.09. The molecule has 1 rings (SSSR count). The van der Waals surface area contributed by atoms with Crippen molar-refractivity contribution in [3.05, 3.63) is 0 Å². The van der Waals surface area contributed by atoms with Gasteiger partial charge in [-0.25, -0.2) is 0 Å². The summed E-state index contributed by atoms with van der Waals surface area (Å²) >= 11 is 3.46. The summed E-state index contributed by atoms with van der Waals surface area (Å²) < 4.78 is 5.70. The maximum atomic E-state index is 12.2. The number of ether oxygens (including phenoxy) is 1. The van der Waals surface area contributed by atoms with Gasteiger partial charge in [0, 0.05) is 11.9 Å². The largest absolute Gasteiger partial charge is 0.374 e. The molecule has 1 saturated heterocycles. The van der Waals surface area contributed by atoms with Gasteiger partial charge in [-0.3, -0.25) is 4.79 Å². The Bertz CT molecular complexity index is 281. The van der Waals surface area contributed by atoms with E-state index in [1.54, 1.807) is 0 Å². The van der Waals surface area contributed by atoms with E-state index in [-0.39, 0.29) is 35.4 Å². The van der Waals surface area contributed by atoms with Crippen LogP contribution in [0.5, 0.6) is 0 Å². The third-order valence-electron chi connectivity index (χ3n) is 3.65. The molecule has 1 fully saturated rings. The lowest BCUT2D eigenvalue weighted by Crippen LogP contribution is -2.42. The highest BCUT2D eigenvalue weighted by Gasteiger charge is 2.41. The predicted molar refractivity (Wildman–Crippen MR) is 73.2 cm³/mol. The van der Waals surface area contributed by atoms with E-state index in [9.17, 15) is 4.79 Å². The summed E-state index contributed by atoms with van der Waals surface area (Å²) in [7, 11) is 0. The molecule has 4 atom stereocenters. The molecular formula is C13H24BrNO2. The van der Waals surface area contributed by atoms with Gasteiger partial charge in [-0.05, 0) is 25.2 Å². The first-order valence-electron chi connectivity index (χ1n) is 6.27. The van der Waals surface area contributed by atoms with Crippen LogP contribution in [0.2, 0.25) is 0 Å². The molecule has 0 spiro atoms. The Hall–Kier alpha value is -0.0900. The lowest BCUT2D eigenvalue weighted by Gasteiger charge is -2.24. The van der Waals surface area contributed by atoms with E-state index in [2.05, 4.69) is 42.0 Å². The summed E-state index contributed by atoms with van der Waals surface area (Å²) in [5, 5.41) is 3.93. The summed E-state index contributed by atoms with van der Waals surface area (Å²) in [5.74, 6) is 0.400. The highest BCUT2D eigenvalue weighted by Crippen LogP contribution is 2.32. The third kappa shape index (κ3) is 3.68. The average molecular weight is 306 g/mol. The van der Waals surface area contributed by atoms with Crippen molar-refractivity contribution < 1.29 is 9.53 Å². The van der Waals surface area contributed by atoms with Crippen molar-refractivity contribution >= 4 is 21.8 Å². The molecule has 1 aliphatic rings. The van der Waals surface area contributed by atoms with E-state index >= 15 is 0 Å². The zero-order valence-corrected chi connectivity index (χ0v) is 13.0. The van der Waals surface area contributed by atoms with Crippen LogP contribution in [0, 0.1) is 17.3 Å². The number of hydrogen-bond acceptors (Lipinski definition) is 2. The van der Waals surface area contributed by atoms with Gasteiger partial charge in [-0.15, -0.1) is 0 Å². The molecule has 3 nitrogen and oxygen atoms in total. The molecule has 0 aromatic rings. The molecule has 0 saturated carbocycles. The first kappa shape index (κ1) is 15.0. The zero-order chi connectivity index (χ0) is 13.2. The van der Waals surface area contributed by atoms with Crippen LogP contribution in [0.4, 0.5) is 0 Å². The molecule has 4 heteroatoms. The summed E-state index contributed by atoms with van der Waals surface area (Å²) in [4.78, 5) is 12.2. The van der Waals surface area contributed by atoms with Gasteiger partial charge < -0.3 is 10.1 Å². The Kier molecular flexibility index (Phi) is 5.02. The Labute approximate surface area is 113 Å². The normalized spacial score (nSPS) is 33.8. The molecule has 1 amide bonds. The Morgan fingerprint density at radius 2 is 1.88 bits per heavy atom. The van der Waals surface area contributed by atoms with Crippen molar-refractivity contribution in [1.29, 1.82) is 0 Å². The molecule has 17 heavy (non-hydrogen) atoms. The van der Waals surface area contributed by atoms with Gasteiger partial charge in [0.2, 0.25) is 5.91 Å². The summed E-state index contributed by atoms with van der Waals surface area (Å²) in [6.07, 6.45) is 0.192. The molecule has 0 aliphatic carbocycles. The van der Waals surface area contributed by atoms with E-state index in [0.29, 0.717) is 6.54 Å². The van der Waals surface area contributed by atoms with Gasteiger partial charge in [0.05, 0.1) is 18.1 Å². The van der Waals surface area contributed by atoms with Crippen molar-refractivity contribution in [2.24, 2.45) is 17.3 Å². The van der Waals surface area contributed by atoms with Crippen molar-refractivity contribution in [1.82, 2.24) is 5.32 Å². The topological polar surface area (TPSA) is 38.3 Å². The van der Waals surface area contributed by atoms with E-state index in [1.807, 2.05) is 13.8 Å². The first-order valence-corrected chi connectivity index (χ1v) is 7.40. The monoisotopic (exact) mass is 305 g/mol. The van der Waals surface area contributed by atoms with Crippen LogP contribution in [0.1, 0.15) is 34.6 Å². The maximum Gasteiger partial charge on any atom is 0.226 e. The summed E-state index contributed by atoms with van der Waals surface area (Å²) in [6, 6.07) is 0. The van der Waals surface area contributed by atoms with Crippen LogP contribution in [0.25, 0.3) is 0 Å². The van der Waals surface area contributed by atoms with Crippen molar-refractivity contribution in [2.75, 3.05) is 11.9 Å². The standard InChI is InChI=1S/C13H24BrNO2/c1-8-9(2)17-10(3)11(8)12(16)15-7-13(4,5)6-14/h8-11H,6-7H2,1-5H3,(H,15,16). The van der Waals surface area contributed by atoms with Gasteiger partial charge in [-0.1, -0.05) is 36.7 Å². The molecular weight excluding hydrogens is 282 g/mol. The number of halogens is 1. The number of hydrogen-bond donors (Lipinski definition) is 1. The lowest BCUT2D eigenvalue weighted by atomic mass is 9.88. The lowest BCUT2D eigenvalue weighted by molar-refractivity contribution is -0.127. The fourth-order valence-electron chi connectivity index (χ4n) is 2.21. The van der Waals surface area contributed by atoms with Crippen LogP contribution in [0.3, 0.4) is 0 Å². The van der Waals surface area contributed by atoms with Gasteiger partial charge >= 0.3 is 0 Å². The van der Waals surface area contributed by atoms with Crippen LogP contribution in [0.15, 0.2) is 0 Å². The second kappa shape index (κ2) is 5.70. The molecule has 0 aromatic carbocycles. The SMILES string of the molecule is CC1OC(C)C(C(=O)NCC(C)(C)CBr)C1C. The van der Waals surface area contributed by atoms with Crippen molar-refractivity contribution in [3.8, 4) is 0 Å². The smallest absolute Gasteiger partial charge is 0.226 e. The molecule has 0 aromatic heterocycles. The second-order valence-electron chi connectivity index (χ2n) is 5.95. The Balaban J connectivity index is 2.53. The van der Waals surface area contributed by atoms with Gasteiger partial charge in [0.25, 0.3) is 0 Å². The van der Waals surface area contributed by atoms with Crippen LogP contribution in [-0.4, -0.2) is 30.0 Å². The second-order valence-corrected chi connectivity index (χ2v) is 6.51. The van der Waals surface area contributed by atoms with E-state index in [1.165, 1.54) is 0 Å². The average Bonchev–Trinajstić information content (AvgIpc) is 2.50. The van der Waals surface area contributed by atoms with Gasteiger partial charge in [-0.2, -0.15) is 0 Å². The predicted octanol–water partition coefficient (Wildman–Crippen LogP) is 2.58. The third-order valence-corrected chi connectivity index (χ3v) is 5.17. The van der Waals surface area contributed by atoms with E-state index in [4.69, 9.17) is 4.74 Å². The fourth-order valence-corrected chi connectivity index (χ4v) is 2.41. The minimum atomic E-state index is -0.0175. The Morgan fingerprint density at radius 1 is 1.29 bits per heavy atom. The number of rotatable bonds is 4. The van der Waals surface area contributed by atoms with Crippen LogP contribution < -0.4 is 5.32 Å². The van der Waals surface area contributed by atoms with Crippen LogP contribution >= 0.6 is 15.9 Å². The van der Waals surface area contributed by atoms with Crippen molar-refractivity contribution in [2.45, 2.75) is 46.8 Å². The molecule has 1 heterocycles. The number of carbonyl (C=O) groups excluding carboxylic acids is 1. The van der Waals surface area contributed by atoms with Crippen molar-refractivity contribution in [3.63, 3.8) is 0 Å². The highest BCUT2D eigenvalue weighted by atomic mass is 79.9. The quantitative estimate of drug-likeness (QED) is 0.811. The van der Waals surface area contributed by atoms with Crippen LogP contribution in [-0.2, 0) is 9.53 Å². The van der Waals surface area contributed by atoms with Gasteiger partial charge in [0.15, 0.2) is 0 Å². The minimum absolute atomic E-state index is 0.0175. The number of amides is 1. The molecule has 0 bridgehead atoms. The molecule has 0 radical (unpaired) electrons. The zero-order valence-electron chi connectivity index (χ0n) is 11.4. The summed E-state index contributed by atoms with van der Waals surface area (Å²) in [6.45, 7) is 11.1. The maximum absolute atomic E-state index is 12.2. The minimum Gasteiger partial charge on any atom is -0.374 e. The number of nitrogens with one attached hydrogen (secondary N) is 1.